The van der Waals surface area contributed by atoms with Crippen LogP contribution >= 0.6 is 0 Å². The Hall–Kier alpha value is -2.01. The van der Waals surface area contributed by atoms with Crippen LogP contribution in [0.4, 0.5) is 5.69 Å². The highest BCUT2D eigenvalue weighted by atomic mass is 16.1. The highest BCUT2D eigenvalue weighted by Crippen LogP contribution is 2.32. The van der Waals surface area contributed by atoms with Gasteiger partial charge in [-0.2, -0.15) is 0 Å². The lowest BCUT2D eigenvalue weighted by atomic mass is 10.0. The number of hydrogen-bond acceptors (Lipinski definition) is 3. The Kier molecular flexibility index (Phi) is 3.14. The SMILES string of the molecule is Cc1[nH]c2c(C(N)=O)ccc(NC3CCNC3)c2c1C. The lowest BCUT2D eigenvalue weighted by Gasteiger charge is -2.15. The number of fused-ring (bicyclic) bond motifs is 1. The lowest BCUT2D eigenvalue weighted by molar-refractivity contribution is 0.100. The molecule has 1 atom stereocenters. The van der Waals surface area contributed by atoms with Gasteiger partial charge in [0.05, 0.1) is 11.1 Å². The van der Waals surface area contributed by atoms with Gasteiger partial charge >= 0.3 is 0 Å². The molecule has 2 aromatic rings. The van der Waals surface area contributed by atoms with Gasteiger partial charge in [-0.3, -0.25) is 4.79 Å². The Morgan fingerprint density at radius 1 is 1.40 bits per heavy atom. The zero-order chi connectivity index (χ0) is 14.3. The Morgan fingerprint density at radius 3 is 2.85 bits per heavy atom. The van der Waals surface area contributed by atoms with E-state index in [1.807, 2.05) is 13.0 Å². The predicted molar refractivity (Wildman–Crippen MR) is 81.2 cm³/mol. The number of aryl methyl sites for hydroxylation is 2. The minimum absolute atomic E-state index is 0.398. The predicted octanol–water partition coefficient (Wildman–Crippen LogP) is 1.66. The summed E-state index contributed by atoms with van der Waals surface area (Å²) in [4.78, 5) is 14.8. The van der Waals surface area contributed by atoms with Crippen molar-refractivity contribution in [3.8, 4) is 0 Å². The number of carbonyl (C=O) groups is 1. The number of aromatic nitrogens is 1. The number of nitrogens with two attached hydrogens (primary N) is 1. The van der Waals surface area contributed by atoms with E-state index in [1.54, 1.807) is 6.07 Å². The first kappa shape index (κ1) is 13.0. The van der Waals surface area contributed by atoms with Gasteiger partial charge in [0.1, 0.15) is 0 Å². The van der Waals surface area contributed by atoms with Crippen LogP contribution < -0.4 is 16.4 Å². The van der Waals surface area contributed by atoms with Gasteiger partial charge in [0, 0.05) is 29.4 Å². The monoisotopic (exact) mass is 272 g/mol. The zero-order valence-electron chi connectivity index (χ0n) is 11.8. The van der Waals surface area contributed by atoms with E-state index in [4.69, 9.17) is 5.73 Å². The summed E-state index contributed by atoms with van der Waals surface area (Å²) in [6, 6.07) is 4.19. The largest absolute Gasteiger partial charge is 0.380 e. The van der Waals surface area contributed by atoms with Gasteiger partial charge in [0.15, 0.2) is 0 Å². The zero-order valence-corrected chi connectivity index (χ0v) is 11.8. The number of benzene rings is 1. The Labute approximate surface area is 117 Å². The summed E-state index contributed by atoms with van der Waals surface area (Å²) in [5.74, 6) is -0.398. The van der Waals surface area contributed by atoms with Crippen LogP contribution in [0.2, 0.25) is 0 Å². The van der Waals surface area contributed by atoms with E-state index in [2.05, 4.69) is 22.5 Å². The first-order valence-electron chi connectivity index (χ1n) is 6.97. The van der Waals surface area contributed by atoms with Gasteiger partial charge in [-0.15, -0.1) is 0 Å². The van der Waals surface area contributed by atoms with E-state index >= 15 is 0 Å². The minimum atomic E-state index is -0.398. The third-order valence-corrected chi connectivity index (χ3v) is 4.14. The Balaban J connectivity index is 2.12. The van der Waals surface area contributed by atoms with Gasteiger partial charge in [0.25, 0.3) is 5.91 Å². The number of anilines is 1. The quantitative estimate of drug-likeness (QED) is 0.685. The molecule has 1 aliphatic heterocycles. The molecule has 0 bridgehead atoms. The van der Waals surface area contributed by atoms with Crippen LogP contribution in [0.25, 0.3) is 10.9 Å². The maximum Gasteiger partial charge on any atom is 0.250 e. The fraction of sp³-hybridized carbons (Fsp3) is 0.400. The Bertz CT molecular complexity index is 668. The molecule has 0 saturated carbocycles. The number of aromatic amines is 1. The molecular formula is C15H20N4O. The summed E-state index contributed by atoms with van der Waals surface area (Å²) < 4.78 is 0. The van der Waals surface area contributed by atoms with Crippen molar-refractivity contribution >= 4 is 22.5 Å². The van der Waals surface area contributed by atoms with Crippen LogP contribution in [-0.2, 0) is 0 Å². The third kappa shape index (κ3) is 2.04. The summed E-state index contributed by atoms with van der Waals surface area (Å²) >= 11 is 0. The molecule has 0 aliphatic carbocycles. The number of primary amides is 1. The highest BCUT2D eigenvalue weighted by molar-refractivity contribution is 6.09. The van der Waals surface area contributed by atoms with E-state index in [9.17, 15) is 4.79 Å². The smallest absolute Gasteiger partial charge is 0.250 e. The average Bonchev–Trinajstić information content (AvgIpc) is 2.99. The van der Waals surface area contributed by atoms with Crippen molar-refractivity contribution in [3.63, 3.8) is 0 Å². The molecule has 106 valence electrons. The molecule has 1 unspecified atom stereocenters. The molecule has 0 spiro atoms. The molecule has 5 heteroatoms. The number of carbonyl (C=O) groups excluding carboxylic acids is 1. The molecule has 3 rings (SSSR count). The molecule has 5 N–H and O–H groups in total. The molecule has 1 aliphatic rings. The fourth-order valence-electron chi connectivity index (χ4n) is 2.91. The average molecular weight is 272 g/mol. The number of amides is 1. The molecule has 2 heterocycles. The molecule has 5 nitrogen and oxygen atoms in total. The molecule has 1 amide bonds. The molecular weight excluding hydrogens is 252 g/mol. The number of hydrogen-bond donors (Lipinski definition) is 4. The molecule has 1 saturated heterocycles. The summed E-state index contributed by atoms with van der Waals surface area (Å²) in [5, 5.41) is 7.99. The second-order valence-corrected chi connectivity index (χ2v) is 5.48. The van der Waals surface area contributed by atoms with Gasteiger partial charge in [-0.25, -0.2) is 0 Å². The van der Waals surface area contributed by atoms with Crippen molar-refractivity contribution in [2.45, 2.75) is 26.3 Å². The standard InChI is InChI=1S/C15H20N4O/c1-8-9(2)18-14-11(15(16)20)3-4-12(13(8)14)19-10-5-6-17-7-10/h3-4,10,17-19H,5-7H2,1-2H3,(H2,16,20). The summed E-state index contributed by atoms with van der Waals surface area (Å²) in [6.45, 7) is 6.10. The van der Waals surface area contributed by atoms with Gasteiger partial charge in [-0.05, 0) is 44.5 Å². The first-order valence-corrected chi connectivity index (χ1v) is 6.97. The summed E-state index contributed by atoms with van der Waals surface area (Å²) in [7, 11) is 0. The van der Waals surface area contributed by atoms with Crippen LogP contribution in [0.15, 0.2) is 12.1 Å². The van der Waals surface area contributed by atoms with Crippen molar-refractivity contribution in [2.24, 2.45) is 5.73 Å². The Morgan fingerprint density at radius 2 is 2.20 bits per heavy atom. The van der Waals surface area contributed by atoms with Gasteiger partial charge in [0.2, 0.25) is 0 Å². The van der Waals surface area contributed by atoms with Crippen molar-refractivity contribution in [1.29, 1.82) is 0 Å². The molecule has 1 aromatic carbocycles. The maximum atomic E-state index is 11.6. The van der Waals surface area contributed by atoms with Crippen LogP contribution in [0.3, 0.4) is 0 Å². The first-order chi connectivity index (χ1) is 9.58. The summed E-state index contributed by atoms with van der Waals surface area (Å²) in [5.41, 5.74) is 10.2. The van der Waals surface area contributed by atoms with Crippen LogP contribution in [0.5, 0.6) is 0 Å². The fourth-order valence-corrected chi connectivity index (χ4v) is 2.91. The molecule has 1 fully saturated rings. The maximum absolute atomic E-state index is 11.6. The van der Waals surface area contributed by atoms with Crippen molar-refractivity contribution in [2.75, 3.05) is 18.4 Å². The van der Waals surface area contributed by atoms with Crippen molar-refractivity contribution in [1.82, 2.24) is 10.3 Å². The van der Waals surface area contributed by atoms with Crippen LogP contribution in [0, 0.1) is 13.8 Å². The van der Waals surface area contributed by atoms with E-state index in [-0.39, 0.29) is 0 Å². The van der Waals surface area contributed by atoms with E-state index in [1.165, 1.54) is 0 Å². The third-order valence-electron chi connectivity index (χ3n) is 4.14. The highest BCUT2D eigenvalue weighted by Gasteiger charge is 2.19. The molecule has 20 heavy (non-hydrogen) atoms. The normalized spacial score (nSPS) is 18.6. The topological polar surface area (TPSA) is 82.9 Å². The number of rotatable bonds is 3. The van der Waals surface area contributed by atoms with Crippen LogP contribution in [-0.4, -0.2) is 30.0 Å². The van der Waals surface area contributed by atoms with Gasteiger partial charge in [-0.1, -0.05) is 0 Å². The van der Waals surface area contributed by atoms with Crippen LogP contribution in [0.1, 0.15) is 28.0 Å². The molecule has 0 radical (unpaired) electrons. The summed E-state index contributed by atoms with van der Waals surface area (Å²) in [6.07, 6.45) is 1.11. The molecule has 1 aromatic heterocycles. The number of nitrogens with one attached hydrogen (secondary N) is 3. The van der Waals surface area contributed by atoms with E-state index in [0.29, 0.717) is 11.6 Å². The second kappa shape index (κ2) is 4.83. The second-order valence-electron chi connectivity index (χ2n) is 5.48. The number of H-pyrrole nitrogens is 1. The van der Waals surface area contributed by atoms with E-state index < -0.39 is 5.91 Å². The van der Waals surface area contributed by atoms with Gasteiger partial charge < -0.3 is 21.4 Å². The lowest BCUT2D eigenvalue weighted by Crippen LogP contribution is -2.22. The minimum Gasteiger partial charge on any atom is -0.380 e. The van der Waals surface area contributed by atoms with Crippen molar-refractivity contribution in [3.05, 3.63) is 29.0 Å². The van der Waals surface area contributed by atoms with Crippen molar-refractivity contribution < 1.29 is 4.79 Å². The van der Waals surface area contributed by atoms with E-state index in [0.717, 1.165) is 47.4 Å².